The summed E-state index contributed by atoms with van der Waals surface area (Å²) in [7, 11) is 1.65. The van der Waals surface area contributed by atoms with Crippen LogP contribution in [-0.2, 0) is 9.53 Å². The fourth-order valence-corrected chi connectivity index (χ4v) is 0.624. The van der Waals surface area contributed by atoms with E-state index in [1.54, 1.807) is 19.3 Å². The van der Waals surface area contributed by atoms with Crippen LogP contribution in [-0.4, -0.2) is 18.5 Å². The molecule has 0 spiro atoms. The SMILES string of the molecule is CCC(C)(/C=C/C(C)=O)OC. The van der Waals surface area contributed by atoms with Crippen molar-refractivity contribution in [3.8, 4) is 0 Å². The first-order valence-electron chi connectivity index (χ1n) is 3.79. The molecule has 0 aliphatic heterocycles. The average Bonchev–Trinajstić information content (AvgIpc) is 2.00. The summed E-state index contributed by atoms with van der Waals surface area (Å²) in [6, 6.07) is 0. The van der Waals surface area contributed by atoms with E-state index >= 15 is 0 Å². The molecule has 0 saturated heterocycles. The van der Waals surface area contributed by atoms with Gasteiger partial charge in [0.1, 0.15) is 0 Å². The second kappa shape index (κ2) is 4.29. The highest BCUT2D eigenvalue weighted by molar-refractivity contribution is 5.87. The molecule has 0 aromatic rings. The first-order chi connectivity index (χ1) is 5.04. The number of ether oxygens (including phenoxy) is 1. The zero-order chi connectivity index (χ0) is 8.91. The van der Waals surface area contributed by atoms with Gasteiger partial charge in [-0.25, -0.2) is 0 Å². The van der Waals surface area contributed by atoms with Crippen molar-refractivity contribution in [2.24, 2.45) is 0 Å². The zero-order valence-electron chi connectivity index (χ0n) is 7.68. The van der Waals surface area contributed by atoms with E-state index < -0.39 is 0 Å². The monoisotopic (exact) mass is 156 g/mol. The number of methoxy groups -OCH3 is 1. The molecule has 0 aromatic carbocycles. The molecule has 0 rings (SSSR count). The van der Waals surface area contributed by atoms with Gasteiger partial charge in [-0.15, -0.1) is 0 Å². The van der Waals surface area contributed by atoms with Crippen molar-refractivity contribution in [1.82, 2.24) is 0 Å². The summed E-state index contributed by atoms with van der Waals surface area (Å²) in [4.78, 5) is 10.6. The minimum atomic E-state index is -0.286. The summed E-state index contributed by atoms with van der Waals surface area (Å²) in [5.41, 5.74) is -0.286. The number of hydrogen-bond acceptors (Lipinski definition) is 2. The molecule has 0 heterocycles. The van der Waals surface area contributed by atoms with Gasteiger partial charge in [-0.2, -0.15) is 0 Å². The minimum Gasteiger partial charge on any atom is -0.374 e. The van der Waals surface area contributed by atoms with Crippen LogP contribution in [0.15, 0.2) is 12.2 Å². The lowest BCUT2D eigenvalue weighted by atomic mass is 10.0. The van der Waals surface area contributed by atoms with Crippen molar-refractivity contribution in [2.45, 2.75) is 32.8 Å². The molecule has 64 valence electrons. The van der Waals surface area contributed by atoms with Gasteiger partial charge in [-0.3, -0.25) is 4.79 Å². The second-order valence-corrected chi connectivity index (χ2v) is 2.81. The van der Waals surface area contributed by atoms with E-state index in [1.807, 2.05) is 13.8 Å². The number of rotatable bonds is 4. The number of carbonyl (C=O) groups is 1. The fourth-order valence-electron chi connectivity index (χ4n) is 0.624. The molecule has 1 atom stereocenters. The fraction of sp³-hybridized carbons (Fsp3) is 0.667. The molecule has 2 heteroatoms. The first kappa shape index (κ1) is 10.4. The van der Waals surface area contributed by atoms with Crippen LogP contribution in [0.2, 0.25) is 0 Å². The second-order valence-electron chi connectivity index (χ2n) is 2.81. The number of hydrogen-bond donors (Lipinski definition) is 0. The minimum absolute atomic E-state index is 0.0572. The van der Waals surface area contributed by atoms with Crippen LogP contribution in [0, 0.1) is 0 Å². The van der Waals surface area contributed by atoms with Crippen molar-refractivity contribution in [2.75, 3.05) is 7.11 Å². The molecule has 0 aliphatic rings. The molecule has 2 nitrogen and oxygen atoms in total. The number of carbonyl (C=O) groups excluding carboxylic acids is 1. The molecule has 11 heavy (non-hydrogen) atoms. The van der Waals surface area contributed by atoms with E-state index in [1.165, 1.54) is 6.92 Å². The molecular formula is C9H16O2. The standard InChI is InChI=1S/C9H16O2/c1-5-9(3,11-4)7-6-8(2)10/h6-7H,5H2,1-4H3/b7-6+. The van der Waals surface area contributed by atoms with Crippen LogP contribution in [0.5, 0.6) is 0 Å². The van der Waals surface area contributed by atoms with Gasteiger partial charge in [0.15, 0.2) is 5.78 Å². The van der Waals surface area contributed by atoms with Crippen LogP contribution in [0.4, 0.5) is 0 Å². The smallest absolute Gasteiger partial charge is 0.152 e. The predicted molar refractivity (Wildman–Crippen MR) is 45.5 cm³/mol. The van der Waals surface area contributed by atoms with Crippen molar-refractivity contribution in [3.05, 3.63) is 12.2 Å². The van der Waals surface area contributed by atoms with Crippen LogP contribution >= 0.6 is 0 Å². The summed E-state index contributed by atoms with van der Waals surface area (Å²) in [6.07, 6.45) is 4.22. The third-order valence-corrected chi connectivity index (χ3v) is 1.84. The highest BCUT2D eigenvalue weighted by Crippen LogP contribution is 2.14. The van der Waals surface area contributed by atoms with E-state index in [2.05, 4.69) is 0 Å². The van der Waals surface area contributed by atoms with E-state index in [9.17, 15) is 4.79 Å². The molecule has 0 radical (unpaired) electrons. The van der Waals surface area contributed by atoms with Gasteiger partial charge in [-0.1, -0.05) is 6.92 Å². The van der Waals surface area contributed by atoms with Crippen LogP contribution < -0.4 is 0 Å². The first-order valence-corrected chi connectivity index (χ1v) is 3.79. The maximum absolute atomic E-state index is 10.6. The summed E-state index contributed by atoms with van der Waals surface area (Å²) in [5.74, 6) is 0.0572. The number of ketones is 1. The summed E-state index contributed by atoms with van der Waals surface area (Å²) in [5, 5.41) is 0. The third-order valence-electron chi connectivity index (χ3n) is 1.84. The highest BCUT2D eigenvalue weighted by Gasteiger charge is 2.15. The summed E-state index contributed by atoms with van der Waals surface area (Å²) < 4.78 is 5.20. The van der Waals surface area contributed by atoms with Gasteiger partial charge in [-0.05, 0) is 32.4 Å². The maximum atomic E-state index is 10.6. The highest BCUT2D eigenvalue weighted by atomic mass is 16.5. The van der Waals surface area contributed by atoms with Crippen molar-refractivity contribution in [3.63, 3.8) is 0 Å². The lowest BCUT2D eigenvalue weighted by Gasteiger charge is -2.21. The lowest BCUT2D eigenvalue weighted by molar-refractivity contribution is -0.112. The van der Waals surface area contributed by atoms with Gasteiger partial charge in [0.05, 0.1) is 5.60 Å². The Labute approximate surface area is 68.2 Å². The maximum Gasteiger partial charge on any atom is 0.152 e. The average molecular weight is 156 g/mol. The largest absolute Gasteiger partial charge is 0.374 e. The Balaban J connectivity index is 4.17. The Morgan fingerprint density at radius 3 is 2.45 bits per heavy atom. The molecule has 1 unspecified atom stereocenters. The van der Waals surface area contributed by atoms with E-state index in [-0.39, 0.29) is 11.4 Å². The topological polar surface area (TPSA) is 26.3 Å². The Kier molecular flexibility index (Phi) is 4.04. The Bertz CT molecular complexity index is 155. The zero-order valence-corrected chi connectivity index (χ0v) is 7.68. The predicted octanol–water partition coefficient (Wildman–Crippen LogP) is 1.95. The van der Waals surface area contributed by atoms with Crippen molar-refractivity contribution < 1.29 is 9.53 Å². The van der Waals surface area contributed by atoms with E-state index in [0.29, 0.717) is 0 Å². The Morgan fingerprint density at radius 2 is 2.18 bits per heavy atom. The summed E-state index contributed by atoms with van der Waals surface area (Å²) in [6.45, 7) is 5.50. The van der Waals surface area contributed by atoms with E-state index in [4.69, 9.17) is 4.74 Å². The molecule has 0 aromatic heterocycles. The molecule has 0 bridgehead atoms. The van der Waals surface area contributed by atoms with Gasteiger partial charge in [0, 0.05) is 7.11 Å². The van der Waals surface area contributed by atoms with Crippen LogP contribution in [0.3, 0.4) is 0 Å². The van der Waals surface area contributed by atoms with Crippen molar-refractivity contribution in [1.29, 1.82) is 0 Å². The van der Waals surface area contributed by atoms with Crippen LogP contribution in [0.25, 0.3) is 0 Å². The molecule has 0 aliphatic carbocycles. The molecule has 0 amide bonds. The Morgan fingerprint density at radius 1 is 1.64 bits per heavy atom. The molecule has 0 saturated carbocycles. The van der Waals surface area contributed by atoms with Crippen LogP contribution in [0.1, 0.15) is 27.2 Å². The van der Waals surface area contributed by atoms with Gasteiger partial charge >= 0.3 is 0 Å². The Hall–Kier alpha value is -0.630. The van der Waals surface area contributed by atoms with E-state index in [0.717, 1.165) is 6.42 Å². The third kappa shape index (κ3) is 3.94. The molecule has 0 N–H and O–H groups in total. The van der Waals surface area contributed by atoms with Gasteiger partial charge in [0.25, 0.3) is 0 Å². The van der Waals surface area contributed by atoms with Gasteiger partial charge < -0.3 is 4.74 Å². The number of allylic oxidation sites excluding steroid dienone is 1. The molecule has 0 fully saturated rings. The normalized spacial score (nSPS) is 16.7. The summed E-state index contributed by atoms with van der Waals surface area (Å²) >= 11 is 0. The molecular weight excluding hydrogens is 140 g/mol. The quantitative estimate of drug-likeness (QED) is 0.581. The lowest BCUT2D eigenvalue weighted by Crippen LogP contribution is -2.22. The van der Waals surface area contributed by atoms with Crippen molar-refractivity contribution >= 4 is 5.78 Å². The van der Waals surface area contributed by atoms with Gasteiger partial charge in [0.2, 0.25) is 0 Å².